The van der Waals surface area contributed by atoms with Crippen molar-refractivity contribution < 1.29 is 17.4 Å². The van der Waals surface area contributed by atoms with Crippen LogP contribution in [0.3, 0.4) is 0 Å². The fraction of sp³-hybridized carbons (Fsp3) is 0.308. The van der Waals surface area contributed by atoms with Gasteiger partial charge in [0.05, 0.1) is 0 Å². The molecular weight excluding hydrogens is 573 g/mol. The van der Waals surface area contributed by atoms with E-state index in [1.807, 2.05) is 6.07 Å². The Balaban J connectivity index is 0.00000181. The fourth-order valence-electron chi connectivity index (χ4n) is 5.95. The minimum Gasteiger partial charge on any atom is -0.147 e. The Kier molecular flexibility index (Phi) is 8.38. The molecule has 32 heavy (non-hydrogen) atoms. The molecule has 0 saturated carbocycles. The summed E-state index contributed by atoms with van der Waals surface area (Å²) in [6.07, 6.45) is 2.52. The first-order valence-electron chi connectivity index (χ1n) is 10.7. The molecule has 2 aromatic carbocycles. The van der Waals surface area contributed by atoms with Gasteiger partial charge >= 0.3 is 195 Å². The van der Waals surface area contributed by atoms with Gasteiger partial charge in [-0.3, -0.25) is 0 Å². The van der Waals surface area contributed by atoms with Gasteiger partial charge in [-0.1, -0.05) is 0 Å². The van der Waals surface area contributed by atoms with E-state index >= 15 is 0 Å². The molecule has 2 atom stereocenters. The van der Waals surface area contributed by atoms with E-state index in [9.17, 15) is 0 Å². The molecule has 0 nitrogen and oxygen atoms in total. The zero-order valence-electron chi connectivity index (χ0n) is 19.6. The smallest absolute Gasteiger partial charge is 0.147 e. The van der Waals surface area contributed by atoms with Gasteiger partial charge in [0.2, 0.25) is 0 Å². The number of hydrogen-bond acceptors (Lipinski definition) is 0. The van der Waals surface area contributed by atoms with E-state index in [1.54, 1.807) is 3.28 Å². The molecule has 172 valence electrons. The molecule has 4 rings (SSSR count). The Morgan fingerprint density at radius 1 is 0.906 bits per heavy atom. The average Bonchev–Trinajstić information content (AvgIpc) is 3.15. The van der Waals surface area contributed by atoms with Gasteiger partial charge in [-0.05, 0) is 0 Å². The van der Waals surface area contributed by atoms with Gasteiger partial charge in [-0.15, -0.1) is 24.8 Å². The van der Waals surface area contributed by atoms with Crippen LogP contribution in [0.25, 0.3) is 5.57 Å². The third-order valence-corrected chi connectivity index (χ3v) is 25.4. The first-order valence-corrected chi connectivity index (χ1v) is 24.9. The van der Waals surface area contributed by atoms with Crippen LogP contribution in [0, 0.1) is 5.92 Å². The zero-order chi connectivity index (χ0) is 22.0. The van der Waals surface area contributed by atoms with Crippen molar-refractivity contribution in [2.75, 3.05) is 0 Å². The maximum atomic E-state index is 6.82. The van der Waals surface area contributed by atoms with E-state index in [0.29, 0.717) is 9.54 Å². The Morgan fingerprint density at radius 3 is 2.03 bits per heavy atom. The molecule has 2 aromatic rings. The summed E-state index contributed by atoms with van der Waals surface area (Å²) in [5, 5.41) is 1.50. The van der Waals surface area contributed by atoms with Crippen LogP contribution >= 0.6 is 48.0 Å². The molecular formula is C26H32Cl4SiZr. The summed E-state index contributed by atoms with van der Waals surface area (Å²) < 4.78 is 7.36. The van der Waals surface area contributed by atoms with Crippen molar-refractivity contribution >= 4 is 60.5 Å². The summed E-state index contributed by atoms with van der Waals surface area (Å²) in [4.78, 5) is 0. The molecule has 0 radical (unpaired) electrons. The summed E-state index contributed by atoms with van der Waals surface area (Å²) in [7, 11) is 0. The van der Waals surface area contributed by atoms with Gasteiger partial charge in [0.25, 0.3) is 0 Å². The fourth-order valence-corrected chi connectivity index (χ4v) is 25.0. The van der Waals surface area contributed by atoms with Crippen LogP contribution in [0.1, 0.15) is 48.0 Å². The van der Waals surface area contributed by atoms with E-state index in [4.69, 9.17) is 23.2 Å². The van der Waals surface area contributed by atoms with Gasteiger partial charge in [0, 0.05) is 0 Å². The van der Waals surface area contributed by atoms with Crippen molar-refractivity contribution in [1.29, 1.82) is 0 Å². The van der Waals surface area contributed by atoms with Crippen molar-refractivity contribution in [3.8, 4) is 0 Å². The van der Waals surface area contributed by atoms with Crippen molar-refractivity contribution in [3.63, 3.8) is 0 Å². The van der Waals surface area contributed by atoms with Gasteiger partial charge in [-0.25, -0.2) is 0 Å². The Hall–Kier alpha value is -0.0800. The second-order valence-corrected chi connectivity index (χ2v) is 40.5. The third-order valence-electron chi connectivity index (χ3n) is 7.63. The second-order valence-electron chi connectivity index (χ2n) is 10.2. The average molecular weight is 606 g/mol. The van der Waals surface area contributed by atoms with E-state index in [2.05, 4.69) is 86.3 Å². The van der Waals surface area contributed by atoms with E-state index in [0.717, 1.165) is 10.0 Å². The molecule has 2 aliphatic carbocycles. The van der Waals surface area contributed by atoms with Crippen LogP contribution in [0.15, 0.2) is 68.5 Å². The molecule has 0 bridgehead atoms. The Bertz CT molecular complexity index is 1230. The van der Waals surface area contributed by atoms with Crippen LogP contribution in [-0.2, 0) is 17.4 Å². The second kappa shape index (κ2) is 9.52. The van der Waals surface area contributed by atoms with Gasteiger partial charge in [0.15, 0.2) is 0 Å². The SMILES string of the molecule is CC1=C(C)C(C)[C]([Zr]([CH3])([CH3])(=[SiH2])[CH]2C=C(c3ccccc3)c3c(Cl)cc(Cl)cc32)=C1C.Cl.Cl. The predicted octanol–water partition coefficient (Wildman–Crippen LogP) is 8.92. The molecule has 0 spiro atoms. The van der Waals surface area contributed by atoms with E-state index < -0.39 is 17.4 Å². The molecule has 6 heteroatoms. The summed E-state index contributed by atoms with van der Waals surface area (Å²) in [5.74, 6) is 0.524. The number of hydrogen-bond donors (Lipinski definition) is 0. The van der Waals surface area contributed by atoms with Gasteiger partial charge in [-0.2, -0.15) is 0 Å². The summed E-state index contributed by atoms with van der Waals surface area (Å²) in [5.41, 5.74) is 9.55. The molecule has 0 aromatic heterocycles. The maximum absolute atomic E-state index is 6.82. The monoisotopic (exact) mass is 602 g/mol. The molecule has 0 heterocycles. The zero-order valence-corrected chi connectivity index (χ0v) is 26.6. The van der Waals surface area contributed by atoms with Crippen LogP contribution in [-0.4, -0.2) is 6.88 Å². The molecule has 0 N–H and O–H groups in total. The van der Waals surface area contributed by atoms with Crippen molar-refractivity contribution in [2.24, 2.45) is 5.92 Å². The van der Waals surface area contributed by atoms with Gasteiger partial charge in [0.1, 0.15) is 0 Å². The minimum atomic E-state index is -3.47. The van der Waals surface area contributed by atoms with E-state index in [-0.39, 0.29) is 24.8 Å². The van der Waals surface area contributed by atoms with Crippen molar-refractivity contribution in [2.45, 2.75) is 40.6 Å². The third kappa shape index (κ3) is 4.34. The summed E-state index contributed by atoms with van der Waals surface area (Å²) >= 11 is 9.90. The number of benzene rings is 2. The number of fused-ring (bicyclic) bond motifs is 1. The van der Waals surface area contributed by atoms with Crippen molar-refractivity contribution in [1.82, 2.24) is 0 Å². The quantitative estimate of drug-likeness (QED) is 0.307. The molecule has 2 aliphatic rings. The largest absolute Gasteiger partial charge is 0.147 e. The Labute approximate surface area is 217 Å². The summed E-state index contributed by atoms with van der Waals surface area (Å²) in [6, 6.07) is 14.7. The van der Waals surface area contributed by atoms with Gasteiger partial charge < -0.3 is 0 Å². The van der Waals surface area contributed by atoms with Crippen LogP contribution in [0.4, 0.5) is 0 Å². The number of halogens is 4. The maximum Gasteiger partial charge on any atom is -0.147 e. The van der Waals surface area contributed by atoms with Crippen LogP contribution in [0.5, 0.6) is 0 Å². The number of rotatable bonds is 3. The molecule has 0 saturated heterocycles. The first-order chi connectivity index (χ1) is 13.9. The van der Waals surface area contributed by atoms with Crippen LogP contribution in [0.2, 0.25) is 19.3 Å². The minimum absolute atomic E-state index is 0. The molecule has 0 aliphatic heterocycles. The topological polar surface area (TPSA) is 0 Å². The van der Waals surface area contributed by atoms with E-state index in [1.165, 1.54) is 39.0 Å². The molecule has 0 fully saturated rings. The van der Waals surface area contributed by atoms with Crippen LogP contribution < -0.4 is 0 Å². The Morgan fingerprint density at radius 2 is 1.50 bits per heavy atom. The standard InChI is InChI=1S/C15H9Cl2.C9H13.2CH3.2ClH.H2Si.Zr/c16-12-8-11-6-7-13(15(11)14(17)9-12)10-4-2-1-3-5-10;1-6-5-7(2)9(4)8(6)3;;;;;;/h1-9H;6H,1-4H3;2*1H3;2*1H;1H2;. The normalized spacial score (nSPS) is 20.6. The molecule has 0 amide bonds. The molecule has 2 unspecified atom stereocenters. The predicted molar refractivity (Wildman–Crippen MR) is 148 cm³/mol. The first kappa shape index (κ1) is 28.2. The summed E-state index contributed by atoms with van der Waals surface area (Å²) in [6.45, 7) is 11.7. The van der Waals surface area contributed by atoms with Crippen molar-refractivity contribution in [3.05, 3.63) is 95.3 Å². The number of allylic oxidation sites excluding steroid dienone is 5.